The number of rotatable bonds is 5. The maximum Gasteiger partial charge on any atom is 0.322 e. The van der Waals surface area contributed by atoms with Gasteiger partial charge in [-0.2, -0.15) is 5.26 Å². The molecule has 2 fully saturated rings. The van der Waals surface area contributed by atoms with E-state index in [1.54, 1.807) is 35.2 Å². The number of nitrogens with zero attached hydrogens (tertiary/aromatic N) is 3. The molecular weight excluding hydrogens is 473 g/mol. The topological polar surface area (TPSA) is 106 Å². The fraction of sp³-hybridized carbons (Fsp3) is 0.360. The number of nitrogens with one attached hydrogen (secondary N) is 2. The molecule has 10 heteroatoms. The molecule has 8 nitrogen and oxygen atoms in total. The summed E-state index contributed by atoms with van der Waals surface area (Å²) in [7, 11) is 0. The van der Waals surface area contributed by atoms with Crippen LogP contribution in [0.25, 0.3) is 0 Å². The summed E-state index contributed by atoms with van der Waals surface area (Å²) in [5.41, 5.74) is 0.996. The monoisotopic (exact) mass is 497 g/mol. The molecule has 0 saturated carbocycles. The molecule has 35 heavy (non-hydrogen) atoms. The second-order valence-corrected chi connectivity index (χ2v) is 9.16. The average molecular weight is 498 g/mol. The highest BCUT2D eigenvalue weighted by atomic mass is 35.5. The van der Waals surface area contributed by atoms with Crippen molar-refractivity contribution >= 4 is 46.5 Å². The summed E-state index contributed by atoms with van der Waals surface area (Å²) >= 11 is 5.88. The Morgan fingerprint density at radius 1 is 1.14 bits per heavy atom. The highest BCUT2D eigenvalue weighted by Crippen LogP contribution is 2.28. The van der Waals surface area contributed by atoms with Crippen LogP contribution in [0.15, 0.2) is 42.5 Å². The van der Waals surface area contributed by atoms with Gasteiger partial charge in [-0.25, -0.2) is 9.18 Å². The van der Waals surface area contributed by atoms with Crippen LogP contribution in [0.1, 0.15) is 32.1 Å². The van der Waals surface area contributed by atoms with E-state index in [4.69, 9.17) is 11.6 Å². The predicted molar refractivity (Wildman–Crippen MR) is 131 cm³/mol. The van der Waals surface area contributed by atoms with Crippen molar-refractivity contribution in [3.8, 4) is 6.07 Å². The number of likely N-dealkylation sites (tertiary alicyclic amines) is 1. The van der Waals surface area contributed by atoms with E-state index in [9.17, 15) is 24.0 Å². The Morgan fingerprint density at radius 3 is 2.60 bits per heavy atom. The lowest BCUT2D eigenvalue weighted by Gasteiger charge is -2.27. The molecule has 2 atom stereocenters. The van der Waals surface area contributed by atoms with Crippen molar-refractivity contribution in [1.29, 1.82) is 5.26 Å². The molecule has 0 radical (unpaired) electrons. The number of anilines is 3. The van der Waals surface area contributed by atoms with Crippen LogP contribution >= 0.6 is 11.6 Å². The molecule has 0 aromatic heterocycles. The van der Waals surface area contributed by atoms with Crippen LogP contribution in [0, 0.1) is 23.1 Å². The number of hydrogen-bond donors (Lipinski definition) is 2. The number of hydrogen-bond acceptors (Lipinski definition) is 4. The van der Waals surface area contributed by atoms with Crippen molar-refractivity contribution in [3.05, 3.63) is 53.3 Å². The summed E-state index contributed by atoms with van der Waals surface area (Å²) in [6.07, 6.45) is 2.38. The van der Waals surface area contributed by atoms with Gasteiger partial charge in [-0.05, 0) is 61.7 Å². The van der Waals surface area contributed by atoms with Crippen LogP contribution in [0.3, 0.4) is 0 Å². The number of amides is 4. The number of halogens is 2. The van der Waals surface area contributed by atoms with Crippen molar-refractivity contribution in [2.24, 2.45) is 5.92 Å². The predicted octanol–water partition coefficient (Wildman–Crippen LogP) is 4.77. The number of benzene rings is 2. The lowest BCUT2D eigenvalue weighted by molar-refractivity contribution is -0.119. The van der Waals surface area contributed by atoms with Gasteiger partial charge in [0.05, 0.1) is 17.7 Å². The van der Waals surface area contributed by atoms with Crippen molar-refractivity contribution in [1.82, 2.24) is 4.90 Å². The second-order valence-electron chi connectivity index (χ2n) is 8.72. The van der Waals surface area contributed by atoms with Crippen LogP contribution < -0.4 is 15.5 Å². The zero-order valence-corrected chi connectivity index (χ0v) is 19.7. The largest absolute Gasteiger partial charge is 0.324 e. The maximum absolute atomic E-state index is 14.7. The van der Waals surface area contributed by atoms with Gasteiger partial charge in [-0.15, -0.1) is 0 Å². The van der Waals surface area contributed by atoms with Gasteiger partial charge < -0.3 is 20.4 Å². The summed E-state index contributed by atoms with van der Waals surface area (Å²) in [6.45, 7) is 0.737. The normalized spacial score (nSPS) is 19.9. The summed E-state index contributed by atoms with van der Waals surface area (Å²) in [6, 6.07) is 12.1. The van der Waals surface area contributed by atoms with Gasteiger partial charge >= 0.3 is 6.03 Å². The van der Waals surface area contributed by atoms with E-state index in [2.05, 4.69) is 16.7 Å². The Kier molecular flexibility index (Phi) is 7.51. The first-order valence-corrected chi connectivity index (χ1v) is 11.8. The molecule has 0 bridgehead atoms. The van der Waals surface area contributed by atoms with E-state index < -0.39 is 29.7 Å². The van der Waals surface area contributed by atoms with E-state index in [0.29, 0.717) is 35.8 Å². The Hall–Kier alpha value is -3.64. The second kappa shape index (κ2) is 10.7. The summed E-state index contributed by atoms with van der Waals surface area (Å²) in [5, 5.41) is 15.2. The van der Waals surface area contributed by atoms with Gasteiger partial charge in [0, 0.05) is 48.4 Å². The molecule has 2 aromatic carbocycles. The highest BCUT2D eigenvalue weighted by Gasteiger charge is 2.36. The molecule has 2 aliphatic heterocycles. The van der Waals surface area contributed by atoms with E-state index in [0.717, 1.165) is 12.8 Å². The minimum Gasteiger partial charge on any atom is -0.324 e. The van der Waals surface area contributed by atoms with E-state index in [1.165, 1.54) is 17.0 Å². The molecule has 182 valence electrons. The first-order valence-electron chi connectivity index (χ1n) is 11.5. The number of urea groups is 1. The van der Waals surface area contributed by atoms with Crippen LogP contribution in [0.5, 0.6) is 0 Å². The van der Waals surface area contributed by atoms with Crippen molar-refractivity contribution in [2.45, 2.75) is 38.1 Å². The molecule has 4 amide bonds. The van der Waals surface area contributed by atoms with Gasteiger partial charge in [0.25, 0.3) is 0 Å². The minimum absolute atomic E-state index is 0.00444. The molecule has 2 N–H and O–H groups in total. The minimum atomic E-state index is -0.645. The number of carbonyl (C=O) groups is 3. The highest BCUT2D eigenvalue weighted by molar-refractivity contribution is 6.30. The molecule has 2 saturated heterocycles. The number of nitriles is 1. The molecule has 2 heterocycles. The van der Waals surface area contributed by atoms with Crippen LogP contribution in [-0.2, 0) is 9.59 Å². The summed E-state index contributed by atoms with van der Waals surface area (Å²) in [4.78, 5) is 40.7. The third-order valence-corrected chi connectivity index (χ3v) is 6.49. The first-order chi connectivity index (χ1) is 16.8. The van der Waals surface area contributed by atoms with Crippen molar-refractivity contribution in [2.75, 3.05) is 28.6 Å². The van der Waals surface area contributed by atoms with E-state index in [-0.39, 0.29) is 24.6 Å². The van der Waals surface area contributed by atoms with Crippen LogP contribution in [-0.4, -0.2) is 41.9 Å². The quantitative estimate of drug-likeness (QED) is 0.620. The Morgan fingerprint density at radius 2 is 1.91 bits per heavy atom. The Balaban J connectivity index is 1.40. The van der Waals surface area contributed by atoms with Gasteiger partial charge in [0.2, 0.25) is 11.8 Å². The Bertz CT molecular complexity index is 1170. The van der Waals surface area contributed by atoms with Gasteiger partial charge in [-0.3, -0.25) is 9.59 Å². The fourth-order valence-corrected chi connectivity index (χ4v) is 4.57. The SMILES string of the molecule is N#C[C@H]1C[C@H](CC(=O)Nc2ccc(N3CCCCC3=O)cc2F)N(C(=O)Nc2ccc(Cl)cc2)C1. The molecule has 2 aromatic rings. The van der Waals surface area contributed by atoms with Crippen molar-refractivity contribution < 1.29 is 18.8 Å². The van der Waals surface area contributed by atoms with Crippen LogP contribution in [0.2, 0.25) is 5.02 Å². The van der Waals surface area contributed by atoms with E-state index >= 15 is 0 Å². The molecule has 2 aliphatic rings. The maximum atomic E-state index is 14.7. The molecule has 0 spiro atoms. The van der Waals surface area contributed by atoms with Gasteiger partial charge in [0.15, 0.2) is 0 Å². The fourth-order valence-electron chi connectivity index (χ4n) is 4.45. The molecule has 4 rings (SSSR count). The lowest BCUT2D eigenvalue weighted by atomic mass is 10.0. The number of piperidine rings is 1. The average Bonchev–Trinajstić information content (AvgIpc) is 3.25. The first kappa shape index (κ1) is 24.5. The third-order valence-electron chi connectivity index (χ3n) is 6.24. The molecule has 0 aliphatic carbocycles. The zero-order chi connectivity index (χ0) is 24.9. The Labute approximate surface area is 207 Å². The summed E-state index contributed by atoms with van der Waals surface area (Å²) < 4.78 is 14.7. The number of carbonyl (C=O) groups excluding carboxylic acids is 3. The third kappa shape index (κ3) is 5.89. The van der Waals surface area contributed by atoms with Crippen molar-refractivity contribution in [3.63, 3.8) is 0 Å². The van der Waals surface area contributed by atoms with Crippen LogP contribution in [0.4, 0.5) is 26.2 Å². The van der Waals surface area contributed by atoms with Gasteiger partial charge in [-0.1, -0.05) is 11.6 Å². The standard InChI is InChI=1S/C25H25ClFN5O3/c26-17-4-6-18(7-5-17)29-25(35)32-15-16(14-28)11-20(32)13-23(33)30-22-9-8-19(12-21(22)27)31-10-2-1-3-24(31)34/h4-9,12,16,20H,1-3,10-11,13,15H2,(H,29,35)(H,30,33)/t16-,20-/m1/s1. The molecular formula is C25H25ClFN5O3. The van der Waals surface area contributed by atoms with Gasteiger partial charge in [0.1, 0.15) is 5.82 Å². The molecule has 0 unspecified atom stereocenters. The lowest BCUT2D eigenvalue weighted by Crippen LogP contribution is -2.40. The summed E-state index contributed by atoms with van der Waals surface area (Å²) in [5.74, 6) is -1.56. The zero-order valence-electron chi connectivity index (χ0n) is 19.0. The smallest absolute Gasteiger partial charge is 0.322 e. The van der Waals surface area contributed by atoms with E-state index in [1.807, 2.05) is 0 Å².